The fraction of sp³-hybridized carbons (Fsp3) is 0.500. The average Bonchev–Trinajstić information content (AvgIpc) is 2.96. The van der Waals surface area contributed by atoms with Crippen molar-refractivity contribution in [3.63, 3.8) is 0 Å². The van der Waals surface area contributed by atoms with Gasteiger partial charge in [-0.1, -0.05) is 15.9 Å². The van der Waals surface area contributed by atoms with Crippen molar-refractivity contribution in [3.05, 3.63) is 33.3 Å². The van der Waals surface area contributed by atoms with Crippen LogP contribution in [0.2, 0.25) is 0 Å². The molecule has 2 aliphatic rings. The molecule has 3 rings (SSSR count). The Balaban J connectivity index is 1.72. The summed E-state index contributed by atoms with van der Waals surface area (Å²) in [5.74, 6) is -1.07. The summed E-state index contributed by atoms with van der Waals surface area (Å²) in [4.78, 5) is 25.3. The zero-order valence-corrected chi connectivity index (χ0v) is 13.9. The van der Waals surface area contributed by atoms with Crippen LogP contribution < -0.4 is 0 Å². The number of fused-ring (bicyclic) bond motifs is 1. The van der Waals surface area contributed by atoms with Gasteiger partial charge >= 0.3 is 5.97 Å². The molecule has 118 valence electrons. The van der Waals surface area contributed by atoms with Crippen LogP contribution in [0.15, 0.2) is 16.6 Å². The summed E-state index contributed by atoms with van der Waals surface area (Å²) in [6.07, 6.45) is 0.249. The second kappa shape index (κ2) is 6.01. The van der Waals surface area contributed by atoms with Crippen LogP contribution in [0.3, 0.4) is 0 Å². The second-order valence-electron chi connectivity index (χ2n) is 5.90. The molecule has 1 amide bonds. The third kappa shape index (κ3) is 2.90. The van der Waals surface area contributed by atoms with Gasteiger partial charge in [-0.05, 0) is 55.0 Å². The standard InChI is InChI=1S/C16H18BrNO4/c1-9-6-11(17)7-10-4-5-18(8-12(9)10)15(19)13-2-3-14(22-13)16(20)21/h6-7,13-14H,2-5,8H2,1H3,(H,20,21)/t13-,14+/m0/s1. The lowest BCUT2D eigenvalue weighted by atomic mass is 9.95. The number of amides is 1. The first-order valence-corrected chi connectivity index (χ1v) is 8.20. The zero-order chi connectivity index (χ0) is 15.9. The Hall–Kier alpha value is -1.40. The van der Waals surface area contributed by atoms with Crippen molar-refractivity contribution in [2.75, 3.05) is 6.54 Å². The molecule has 1 fully saturated rings. The number of halogens is 1. The minimum absolute atomic E-state index is 0.0864. The quantitative estimate of drug-likeness (QED) is 0.870. The molecule has 1 saturated heterocycles. The van der Waals surface area contributed by atoms with E-state index in [0.717, 1.165) is 16.5 Å². The van der Waals surface area contributed by atoms with Gasteiger partial charge in [-0.3, -0.25) is 4.79 Å². The number of benzene rings is 1. The molecule has 0 saturated carbocycles. The molecule has 0 bridgehead atoms. The van der Waals surface area contributed by atoms with E-state index in [1.165, 1.54) is 11.1 Å². The van der Waals surface area contributed by atoms with E-state index in [1.54, 1.807) is 4.90 Å². The van der Waals surface area contributed by atoms with E-state index in [9.17, 15) is 9.59 Å². The maximum atomic E-state index is 12.6. The highest BCUT2D eigenvalue weighted by molar-refractivity contribution is 9.10. The lowest BCUT2D eigenvalue weighted by molar-refractivity contribution is -0.155. The van der Waals surface area contributed by atoms with Gasteiger partial charge in [-0.15, -0.1) is 0 Å². The first kappa shape index (κ1) is 15.5. The second-order valence-corrected chi connectivity index (χ2v) is 6.81. The molecule has 0 aliphatic carbocycles. The summed E-state index contributed by atoms with van der Waals surface area (Å²) >= 11 is 3.50. The Morgan fingerprint density at radius 3 is 2.73 bits per heavy atom. The van der Waals surface area contributed by atoms with E-state index in [-0.39, 0.29) is 5.91 Å². The van der Waals surface area contributed by atoms with Crippen LogP contribution in [-0.2, 0) is 27.3 Å². The number of ether oxygens (including phenoxy) is 1. The van der Waals surface area contributed by atoms with Gasteiger partial charge in [0.15, 0.2) is 6.10 Å². The summed E-state index contributed by atoms with van der Waals surface area (Å²) in [5, 5.41) is 8.96. The van der Waals surface area contributed by atoms with Crippen LogP contribution in [-0.4, -0.2) is 40.6 Å². The van der Waals surface area contributed by atoms with Crippen molar-refractivity contribution in [1.82, 2.24) is 4.90 Å². The molecule has 5 nitrogen and oxygen atoms in total. The summed E-state index contributed by atoms with van der Waals surface area (Å²) in [7, 11) is 0. The number of carboxylic acids is 1. The normalized spacial score (nSPS) is 24.2. The van der Waals surface area contributed by atoms with Crippen LogP contribution in [0, 0.1) is 6.92 Å². The lowest BCUT2D eigenvalue weighted by Gasteiger charge is -2.31. The molecule has 6 heteroatoms. The molecule has 1 N–H and O–H groups in total. The monoisotopic (exact) mass is 367 g/mol. The molecule has 22 heavy (non-hydrogen) atoms. The third-order valence-electron chi connectivity index (χ3n) is 4.41. The highest BCUT2D eigenvalue weighted by atomic mass is 79.9. The van der Waals surface area contributed by atoms with E-state index in [1.807, 2.05) is 6.92 Å². The van der Waals surface area contributed by atoms with E-state index in [2.05, 4.69) is 28.1 Å². The smallest absolute Gasteiger partial charge is 0.332 e. The Morgan fingerprint density at radius 2 is 2.05 bits per heavy atom. The van der Waals surface area contributed by atoms with Gasteiger partial charge in [0, 0.05) is 17.6 Å². The SMILES string of the molecule is Cc1cc(Br)cc2c1CN(C(=O)[C@@H]1CC[C@H](C(=O)O)O1)CC2. The molecule has 2 heterocycles. The Morgan fingerprint density at radius 1 is 1.32 bits per heavy atom. The molecule has 0 aromatic heterocycles. The number of aryl methyl sites for hydroxylation is 1. The van der Waals surface area contributed by atoms with Crippen LogP contribution in [0.5, 0.6) is 0 Å². The number of nitrogens with zero attached hydrogens (tertiary/aromatic N) is 1. The van der Waals surface area contributed by atoms with E-state index in [4.69, 9.17) is 9.84 Å². The molecule has 0 spiro atoms. The van der Waals surface area contributed by atoms with Crippen molar-refractivity contribution in [1.29, 1.82) is 0 Å². The Kier molecular flexibility index (Phi) is 4.23. The largest absolute Gasteiger partial charge is 0.479 e. The van der Waals surface area contributed by atoms with Crippen molar-refractivity contribution in [2.45, 2.75) is 44.9 Å². The average molecular weight is 368 g/mol. The number of rotatable bonds is 2. The first-order valence-electron chi connectivity index (χ1n) is 7.40. The summed E-state index contributed by atoms with van der Waals surface area (Å²) < 4.78 is 6.44. The van der Waals surface area contributed by atoms with Gasteiger partial charge in [0.1, 0.15) is 6.10 Å². The first-order chi connectivity index (χ1) is 10.5. The van der Waals surface area contributed by atoms with E-state index < -0.39 is 18.2 Å². The summed E-state index contributed by atoms with van der Waals surface area (Å²) in [5.41, 5.74) is 3.62. The van der Waals surface area contributed by atoms with Crippen LogP contribution in [0.4, 0.5) is 0 Å². The van der Waals surface area contributed by atoms with Crippen molar-refractivity contribution in [2.24, 2.45) is 0 Å². The fourth-order valence-corrected chi connectivity index (χ4v) is 3.83. The highest BCUT2D eigenvalue weighted by Gasteiger charge is 2.37. The zero-order valence-electron chi connectivity index (χ0n) is 12.3. The van der Waals surface area contributed by atoms with Gasteiger partial charge in [0.25, 0.3) is 5.91 Å². The predicted octanol–water partition coefficient (Wildman–Crippen LogP) is 2.27. The molecule has 2 atom stereocenters. The van der Waals surface area contributed by atoms with Crippen LogP contribution in [0.25, 0.3) is 0 Å². The minimum atomic E-state index is -0.986. The number of aliphatic carboxylic acids is 1. The van der Waals surface area contributed by atoms with Crippen molar-refractivity contribution < 1.29 is 19.4 Å². The van der Waals surface area contributed by atoms with Gasteiger partial charge in [0.05, 0.1) is 0 Å². The fourth-order valence-electron chi connectivity index (χ4n) is 3.21. The number of carbonyl (C=O) groups excluding carboxylic acids is 1. The van der Waals surface area contributed by atoms with E-state index >= 15 is 0 Å². The lowest BCUT2D eigenvalue weighted by Crippen LogP contribution is -2.42. The topological polar surface area (TPSA) is 66.8 Å². The Bertz CT molecular complexity index is 631. The summed E-state index contributed by atoms with van der Waals surface area (Å²) in [6.45, 7) is 3.27. The van der Waals surface area contributed by atoms with E-state index in [0.29, 0.717) is 25.9 Å². The maximum Gasteiger partial charge on any atom is 0.332 e. The highest BCUT2D eigenvalue weighted by Crippen LogP contribution is 2.28. The molecule has 0 unspecified atom stereocenters. The van der Waals surface area contributed by atoms with Crippen molar-refractivity contribution in [3.8, 4) is 0 Å². The van der Waals surface area contributed by atoms with Crippen LogP contribution in [0.1, 0.15) is 29.5 Å². The molecule has 2 aliphatic heterocycles. The van der Waals surface area contributed by atoms with Gasteiger partial charge in [-0.25, -0.2) is 4.79 Å². The molecular weight excluding hydrogens is 350 g/mol. The Labute approximate surface area is 137 Å². The molecule has 1 aromatic rings. The van der Waals surface area contributed by atoms with Crippen molar-refractivity contribution >= 4 is 27.8 Å². The maximum absolute atomic E-state index is 12.6. The molecular formula is C16H18BrNO4. The van der Waals surface area contributed by atoms with Gasteiger partial charge in [-0.2, -0.15) is 0 Å². The predicted molar refractivity (Wildman–Crippen MR) is 83.5 cm³/mol. The molecule has 0 radical (unpaired) electrons. The number of hydrogen-bond donors (Lipinski definition) is 1. The number of carboxylic acid groups (broad SMARTS) is 1. The number of carbonyl (C=O) groups is 2. The minimum Gasteiger partial charge on any atom is -0.479 e. The number of hydrogen-bond acceptors (Lipinski definition) is 3. The molecule has 1 aromatic carbocycles. The third-order valence-corrected chi connectivity index (χ3v) is 4.87. The summed E-state index contributed by atoms with van der Waals surface area (Å²) in [6, 6.07) is 4.16. The van der Waals surface area contributed by atoms with Gasteiger partial charge in [0.2, 0.25) is 0 Å². The van der Waals surface area contributed by atoms with Crippen LogP contribution >= 0.6 is 15.9 Å². The van der Waals surface area contributed by atoms with Gasteiger partial charge < -0.3 is 14.7 Å².